The third-order valence-electron chi connectivity index (χ3n) is 5.53. The lowest BCUT2D eigenvalue weighted by molar-refractivity contribution is -0.137. The number of carbonyl (C=O) groups is 1. The van der Waals surface area contributed by atoms with Crippen molar-refractivity contribution in [2.75, 3.05) is 11.1 Å². The Hall–Kier alpha value is -2.33. The molecule has 0 atom stereocenters. The van der Waals surface area contributed by atoms with E-state index in [1.165, 1.54) is 36.4 Å². The Morgan fingerprint density at radius 3 is 2.58 bits per heavy atom. The van der Waals surface area contributed by atoms with E-state index in [1.54, 1.807) is 0 Å². The molecule has 1 N–H and O–H groups in total. The lowest BCUT2D eigenvalue weighted by Crippen LogP contribution is -2.19. The second-order valence-corrected chi connectivity index (χ2v) is 9.72. The van der Waals surface area contributed by atoms with Crippen molar-refractivity contribution in [3.05, 3.63) is 58.6 Å². The number of alkyl halides is 3. The van der Waals surface area contributed by atoms with Crippen molar-refractivity contribution in [3.63, 3.8) is 0 Å². The number of nitrogens with zero attached hydrogens (tertiary/aromatic N) is 3. The standard InChI is InChI=1S/C23H22BrF3N4OS/c24-16-8-6-7-15(13-16)21-29-30-22(31(21)17-9-2-1-3-10-17)33-14-20(32)28-19-12-5-4-11-18(19)23(25,26)27/h4-8,11-13,17H,1-3,9-10,14H2,(H,28,32). The van der Waals surface area contributed by atoms with Crippen molar-refractivity contribution in [3.8, 4) is 11.4 Å². The summed E-state index contributed by atoms with van der Waals surface area (Å²) in [5.74, 6) is 0.127. The van der Waals surface area contributed by atoms with Gasteiger partial charge in [-0.3, -0.25) is 9.36 Å². The zero-order valence-electron chi connectivity index (χ0n) is 17.6. The van der Waals surface area contributed by atoms with Crippen molar-refractivity contribution in [2.24, 2.45) is 0 Å². The van der Waals surface area contributed by atoms with Gasteiger partial charge in [0.15, 0.2) is 11.0 Å². The number of aromatic nitrogens is 3. The number of rotatable bonds is 6. The van der Waals surface area contributed by atoms with E-state index in [1.807, 2.05) is 24.3 Å². The van der Waals surface area contributed by atoms with Crippen LogP contribution in [0.25, 0.3) is 11.4 Å². The number of hydrogen-bond acceptors (Lipinski definition) is 4. The minimum absolute atomic E-state index is 0.0739. The molecule has 0 spiro atoms. The van der Waals surface area contributed by atoms with Gasteiger partial charge in [0.25, 0.3) is 0 Å². The lowest BCUT2D eigenvalue weighted by Gasteiger charge is -2.25. The summed E-state index contributed by atoms with van der Waals surface area (Å²) in [4.78, 5) is 12.5. The summed E-state index contributed by atoms with van der Waals surface area (Å²) in [6.45, 7) is 0. The van der Waals surface area contributed by atoms with E-state index in [0.29, 0.717) is 5.16 Å². The Balaban J connectivity index is 1.54. The van der Waals surface area contributed by atoms with Gasteiger partial charge in [0.05, 0.1) is 17.0 Å². The first-order chi connectivity index (χ1) is 15.8. The molecule has 0 aliphatic heterocycles. The normalized spacial score (nSPS) is 14.9. The fourth-order valence-corrected chi connectivity index (χ4v) is 5.23. The summed E-state index contributed by atoms with van der Waals surface area (Å²) >= 11 is 4.68. The molecule has 10 heteroatoms. The Morgan fingerprint density at radius 2 is 1.85 bits per heavy atom. The highest BCUT2D eigenvalue weighted by Crippen LogP contribution is 2.37. The summed E-state index contributed by atoms with van der Waals surface area (Å²) < 4.78 is 42.7. The number of carbonyl (C=O) groups excluding carboxylic acids is 1. The maximum absolute atomic E-state index is 13.2. The van der Waals surface area contributed by atoms with E-state index in [9.17, 15) is 18.0 Å². The summed E-state index contributed by atoms with van der Waals surface area (Å²) in [5, 5.41) is 11.7. The van der Waals surface area contributed by atoms with Gasteiger partial charge in [0.2, 0.25) is 5.91 Å². The van der Waals surface area contributed by atoms with Gasteiger partial charge in [0, 0.05) is 16.1 Å². The average Bonchev–Trinajstić information content (AvgIpc) is 3.22. The number of hydrogen-bond donors (Lipinski definition) is 1. The molecule has 1 aliphatic carbocycles. The molecule has 33 heavy (non-hydrogen) atoms. The molecule has 1 heterocycles. The highest BCUT2D eigenvalue weighted by molar-refractivity contribution is 9.10. The predicted octanol–water partition coefficient (Wildman–Crippen LogP) is 6.96. The van der Waals surface area contributed by atoms with Crippen LogP contribution in [-0.2, 0) is 11.0 Å². The summed E-state index contributed by atoms with van der Waals surface area (Å²) in [6, 6.07) is 13.0. The zero-order valence-corrected chi connectivity index (χ0v) is 20.0. The fourth-order valence-electron chi connectivity index (χ4n) is 4.02. The second kappa shape index (κ2) is 10.3. The van der Waals surface area contributed by atoms with E-state index >= 15 is 0 Å². The summed E-state index contributed by atoms with van der Waals surface area (Å²) in [5.41, 5.74) is -0.206. The molecule has 1 fully saturated rings. The quantitative estimate of drug-likeness (QED) is 0.344. The number of para-hydroxylation sites is 1. The molecule has 2 aromatic carbocycles. The van der Waals surface area contributed by atoms with Crippen molar-refractivity contribution < 1.29 is 18.0 Å². The molecule has 1 aromatic heterocycles. The molecular weight excluding hydrogens is 517 g/mol. The van der Waals surface area contributed by atoms with Gasteiger partial charge in [-0.05, 0) is 37.1 Å². The van der Waals surface area contributed by atoms with E-state index in [0.717, 1.165) is 47.6 Å². The maximum Gasteiger partial charge on any atom is 0.418 e. The lowest BCUT2D eigenvalue weighted by atomic mass is 9.95. The number of anilines is 1. The van der Waals surface area contributed by atoms with Crippen LogP contribution in [0.2, 0.25) is 0 Å². The number of benzene rings is 2. The molecule has 0 bridgehead atoms. The fraction of sp³-hybridized carbons (Fsp3) is 0.348. The van der Waals surface area contributed by atoms with Crippen LogP contribution in [0.5, 0.6) is 0 Å². The van der Waals surface area contributed by atoms with E-state index < -0.39 is 17.6 Å². The van der Waals surface area contributed by atoms with Gasteiger partial charge in [-0.25, -0.2) is 0 Å². The largest absolute Gasteiger partial charge is 0.418 e. The monoisotopic (exact) mass is 538 g/mol. The zero-order chi connectivity index (χ0) is 23.4. The molecule has 0 unspecified atom stereocenters. The van der Waals surface area contributed by atoms with Crippen LogP contribution < -0.4 is 5.32 Å². The Morgan fingerprint density at radius 1 is 1.09 bits per heavy atom. The first-order valence-corrected chi connectivity index (χ1v) is 12.4. The third-order valence-corrected chi connectivity index (χ3v) is 6.96. The average molecular weight is 539 g/mol. The van der Waals surface area contributed by atoms with Crippen LogP contribution in [0.1, 0.15) is 43.7 Å². The molecule has 1 amide bonds. The minimum Gasteiger partial charge on any atom is -0.325 e. The summed E-state index contributed by atoms with van der Waals surface area (Å²) in [6.07, 6.45) is 0.861. The van der Waals surface area contributed by atoms with Gasteiger partial charge in [-0.2, -0.15) is 13.2 Å². The molecule has 5 nitrogen and oxygen atoms in total. The number of amides is 1. The topological polar surface area (TPSA) is 59.8 Å². The van der Waals surface area contributed by atoms with Crippen LogP contribution in [0, 0.1) is 0 Å². The molecule has 1 saturated carbocycles. The predicted molar refractivity (Wildman–Crippen MR) is 126 cm³/mol. The number of halogens is 4. The van der Waals surface area contributed by atoms with Gasteiger partial charge in [0.1, 0.15) is 0 Å². The van der Waals surface area contributed by atoms with Crippen molar-refractivity contribution >= 4 is 39.3 Å². The van der Waals surface area contributed by atoms with Crippen LogP contribution in [-0.4, -0.2) is 26.4 Å². The smallest absolute Gasteiger partial charge is 0.325 e. The molecular formula is C23H22BrF3N4OS. The highest BCUT2D eigenvalue weighted by Gasteiger charge is 2.33. The Labute approximate surface area is 202 Å². The third kappa shape index (κ3) is 5.78. The second-order valence-electron chi connectivity index (χ2n) is 7.86. The first-order valence-electron chi connectivity index (χ1n) is 10.6. The molecule has 1 aliphatic rings. The SMILES string of the molecule is O=C(CSc1nnc(-c2cccc(Br)c2)n1C1CCCCC1)Nc1ccccc1C(F)(F)F. The number of nitrogens with one attached hydrogen (secondary N) is 1. The van der Waals surface area contributed by atoms with E-state index in [-0.39, 0.29) is 17.5 Å². The van der Waals surface area contributed by atoms with Crippen molar-refractivity contribution in [1.29, 1.82) is 0 Å². The number of thioether (sulfide) groups is 1. The van der Waals surface area contributed by atoms with Crippen LogP contribution in [0.3, 0.4) is 0 Å². The van der Waals surface area contributed by atoms with E-state index in [4.69, 9.17) is 0 Å². The minimum atomic E-state index is -4.54. The Bertz CT molecular complexity index is 1130. The van der Waals surface area contributed by atoms with Crippen LogP contribution in [0.4, 0.5) is 18.9 Å². The molecule has 0 saturated heterocycles. The first kappa shape index (κ1) is 23.8. The summed E-state index contributed by atoms with van der Waals surface area (Å²) in [7, 11) is 0. The van der Waals surface area contributed by atoms with Gasteiger partial charge in [-0.1, -0.05) is 71.2 Å². The maximum atomic E-state index is 13.2. The Kier molecular flexibility index (Phi) is 7.43. The van der Waals surface area contributed by atoms with Gasteiger partial charge >= 0.3 is 6.18 Å². The molecule has 174 valence electrons. The van der Waals surface area contributed by atoms with E-state index in [2.05, 4.69) is 36.0 Å². The van der Waals surface area contributed by atoms with Crippen molar-refractivity contribution in [1.82, 2.24) is 14.8 Å². The van der Waals surface area contributed by atoms with Crippen LogP contribution in [0.15, 0.2) is 58.2 Å². The highest BCUT2D eigenvalue weighted by atomic mass is 79.9. The molecule has 0 radical (unpaired) electrons. The molecule has 3 aromatic rings. The van der Waals surface area contributed by atoms with Crippen LogP contribution >= 0.6 is 27.7 Å². The van der Waals surface area contributed by atoms with Crippen molar-refractivity contribution in [2.45, 2.75) is 49.5 Å². The van der Waals surface area contributed by atoms with Gasteiger partial charge in [-0.15, -0.1) is 10.2 Å². The van der Waals surface area contributed by atoms with Gasteiger partial charge < -0.3 is 5.32 Å². The molecule has 4 rings (SSSR count).